The molecule has 1 fully saturated rings. The van der Waals surface area contributed by atoms with Crippen molar-refractivity contribution in [1.29, 1.82) is 0 Å². The number of carbonyl (C=O) groups excluding carboxylic acids is 2. The minimum absolute atomic E-state index is 0.0201. The van der Waals surface area contributed by atoms with Crippen molar-refractivity contribution in [3.05, 3.63) is 30.0 Å². The quantitative estimate of drug-likeness (QED) is 0.808. The number of amides is 2. The minimum Gasteiger partial charge on any atom is -0.493 e. The van der Waals surface area contributed by atoms with Gasteiger partial charge in [-0.3, -0.25) is 9.59 Å². The summed E-state index contributed by atoms with van der Waals surface area (Å²) in [6.07, 6.45) is 3.16. The van der Waals surface area contributed by atoms with Crippen LogP contribution in [0.25, 0.3) is 10.4 Å². The van der Waals surface area contributed by atoms with Gasteiger partial charge in [0.2, 0.25) is 5.91 Å². The Labute approximate surface area is 155 Å². The number of rotatable bonds is 6. The van der Waals surface area contributed by atoms with Gasteiger partial charge in [0, 0.05) is 25.3 Å². The molecule has 0 atom stereocenters. The van der Waals surface area contributed by atoms with Crippen LogP contribution in [-0.4, -0.2) is 36.6 Å². The first-order valence-electron chi connectivity index (χ1n) is 8.50. The number of anilines is 1. The number of thiazole rings is 1. The van der Waals surface area contributed by atoms with E-state index in [-0.39, 0.29) is 11.8 Å². The number of aromatic nitrogens is 1. The number of nitrogens with two attached hydrogens (primary N) is 1. The summed E-state index contributed by atoms with van der Waals surface area (Å²) in [5.74, 6) is -0.142. The summed E-state index contributed by atoms with van der Waals surface area (Å²) < 4.78 is 10.8. The Balaban J connectivity index is 1.75. The molecule has 1 aromatic carbocycles. The molecule has 8 heteroatoms. The number of hydrogen-bond acceptors (Lipinski definition) is 6. The summed E-state index contributed by atoms with van der Waals surface area (Å²) >= 11 is 1.37. The molecule has 2 amide bonds. The third-order valence-electron chi connectivity index (χ3n) is 4.16. The Bertz CT molecular complexity index is 799. The summed E-state index contributed by atoms with van der Waals surface area (Å²) in [5.41, 5.74) is 6.57. The highest BCUT2D eigenvalue weighted by atomic mass is 32.1. The van der Waals surface area contributed by atoms with Gasteiger partial charge in [-0.2, -0.15) is 0 Å². The molecule has 0 bridgehead atoms. The van der Waals surface area contributed by atoms with Crippen molar-refractivity contribution in [3.8, 4) is 16.2 Å². The van der Waals surface area contributed by atoms with Crippen molar-refractivity contribution in [2.45, 2.75) is 19.8 Å². The third-order valence-corrected chi connectivity index (χ3v) is 5.12. The zero-order chi connectivity index (χ0) is 18.5. The number of carbonyl (C=O) groups is 2. The summed E-state index contributed by atoms with van der Waals surface area (Å²) in [6, 6.07) is 5.20. The number of primary amides is 1. The summed E-state index contributed by atoms with van der Waals surface area (Å²) in [5, 5.41) is 3.43. The predicted octanol–water partition coefficient (Wildman–Crippen LogP) is 2.67. The third kappa shape index (κ3) is 4.20. The van der Waals surface area contributed by atoms with Crippen LogP contribution >= 0.6 is 11.3 Å². The van der Waals surface area contributed by atoms with Gasteiger partial charge < -0.3 is 20.5 Å². The molecule has 1 aliphatic heterocycles. The monoisotopic (exact) mass is 375 g/mol. The van der Waals surface area contributed by atoms with Crippen molar-refractivity contribution in [2.24, 2.45) is 11.7 Å². The van der Waals surface area contributed by atoms with Crippen LogP contribution in [0.4, 0.5) is 5.13 Å². The molecular weight excluding hydrogens is 354 g/mol. The molecule has 26 heavy (non-hydrogen) atoms. The van der Waals surface area contributed by atoms with Crippen LogP contribution < -0.4 is 15.8 Å². The van der Waals surface area contributed by atoms with E-state index in [4.69, 9.17) is 15.2 Å². The summed E-state index contributed by atoms with van der Waals surface area (Å²) in [6.45, 7) is 3.51. The van der Waals surface area contributed by atoms with E-state index in [9.17, 15) is 9.59 Å². The van der Waals surface area contributed by atoms with Crippen LogP contribution in [0.2, 0.25) is 0 Å². The Morgan fingerprint density at radius 3 is 2.85 bits per heavy atom. The molecular formula is C18H21N3O4S. The first-order valence-corrected chi connectivity index (χ1v) is 9.31. The molecule has 2 aromatic rings. The van der Waals surface area contributed by atoms with Crippen molar-refractivity contribution < 1.29 is 19.1 Å². The van der Waals surface area contributed by atoms with Gasteiger partial charge in [-0.05, 0) is 37.5 Å². The standard InChI is InChI=1S/C18H21N3O4S/c1-2-25-14-9-12(3-4-13(14)16(19)22)15-10-20-18(26-15)21-17(23)11-5-7-24-8-6-11/h3-4,9-11H,2,5-8H2,1H3,(H2,19,22)(H,20,21,23). The van der Waals surface area contributed by atoms with Gasteiger partial charge >= 0.3 is 0 Å². The molecule has 0 radical (unpaired) electrons. The lowest BCUT2D eigenvalue weighted by Gasteiger charge is -2.20. The van der Waals surface area contributed by atoms with E-state index in [1.165, 1.54) is 11.3 Å². The number of benzene rings is 1. The maximum atomic E-state index is 12.3. The second-order valence-electron chi connectivity index (χ2n) is 5.91. The lowest BCUT2D eigenvalue weighted by molar-refractivity contribution is -0.122. The Hall–Kier alpha value is -2.45. The molecule has 2 heterocycles. The fraction of sp³-hybridized carbons (Fsp3) is 0.389. The Morgan fingerprint density at radius 1 is 1.38 bits per heavy atom. The number of hydrogen-bond donors (Lipinski definition) is 2. The molecule has 0 spiro atoms. The lowest BCUT2D eigenvalue weighted by Crippen LogP contribution is -2.28. The topological polar surface area (TPSA) is 104 Å². The van der Waals surface area contributed by atoms with Gasteiger partial charge in [0.15, 0.2) is 5.13 Å². The molecule has 0 aliphatic carbocycles. The molecule has 138 valence electrons. The fourth-order valence-corrected chi connectivity index (χ4v) is 3.60. The van der Waals surface area contributed by atoms with E-state index in [2.05, 4.69) is 10.3 Å². The lowest BCUT2D eigenvalue weighted by atomic mass is 10.00. The highest BCUT2D eigenvalue weighted by Gasteiger charge is 2.22. The van der Waals surface area contributed by atoms with Crippen LogP contribution in [0.1, 0.15) is 30.1 Å². The zero-order valence-corrected chi connectivity index (χ0v) is 15.3. The Morgan fingerprint density at radius 2 is 2.15 bits per heavy atom. The van der Waals surface area contributed by atoms with Crippen LogP contribution in [0.15, 0.2) is 24.4 Å². The number of ether oxygens (including phenoxy) is 2. The average Bonchev–Trinajstić information content (AvgIpc) is 3.11. The Kier molecular flexibility index (Phi) is 5.85. The van der Waals surface area contributed by atoms with Crippen LogP contribution in [0.3, 0.4) is 0 Å². The van der Waals surface area contributed by atoms with Gasteiger partial charge in [0.25, 0.3) is 5.91 Å². The summed E-state index contributed by atoms with van der Waals surface area (Å²) in [4.78, 5) is 28.9. The van der Waals surface area contributed by atoms with E-state index >= 15 is 0 Å². The van der Waals surface area contributed by atoms with Gasteiger partial charge in [0.1, 0.15) is 5.75 Å². The molecule has 1 aliphatic rings. The maximum Gasteiger partial charge on any atom is 0.252 e. The van der Waals surface area contributed by atoms with Crippen LogP contribution in [0, 0.1) is 5.92 Å². The van der Waals surface area contributed by atoms with E-state index in [0.717, 1.165) is 23.3 Å². The maximum absolute atomic E-state index is 12.3. The van der Waals surface area contributed by atoms with Gasteiger partial charge in [-0.25, -0.2) is 4.98 Å². The second-order valence-corrected chi connectivity index (χ2v) is 6.94. The van der Waals surface area contributed by atoms with E-state index in [1.54, 1.807) is 24.4 Å². The number of nitrogens with zero attached hydrogens (tertiary/aromatic N) is 1. The highest BCUT2D eigenvalue weighted by molar-refractivity contribution is 7.19. The normalized spacial score (nSPS) is 14.8. The first kappa shape index (κ1) is 18.3. The van der Waals surface area contributed by atoms with Crippen LogP contribution in [0.5, 0.6) is 5.75 Å². The molecule has 3 rings (SSSR count). The van der Waals surface area contributed by atoms with E-state index in [0.29, 0.717) is 36.3 Å². The average molecular weight is 375 g/mol. The van der Waals surface area contributed by atoms with Crippen molar-refractivity contribution in [2.75, 3.05) is 25.1 Å². The largest absolute Gasteiger partial charge is 0.493 e. The zero-order valence-electron chi connectivity index (χ0n) is 14.5. The second kappa shape index (κ2) is 8.29. The van der Waals surface area contributed by atoms with E-state index < -0.39 is 5.91 Å². The van der Waals surface area contributed by atoms with Crippen molar-refractivity contribution in [3.63, 3.8) is 0 Å². The molecule has 7 nitrogen and oxygen atoms in total. The summed E-state index contributed by atoms with van der Waals surface area (Å²) in [7, 11) is 0. The molecule has 1 aromatic heterocycles. The molecule has 1 saturated heterocycles. The number of nitrogens with one attached hydrogen (secondary N) is 1. The molecule has 0 unspecified atom stereocenters. The minimum atomic E-state index is -0.534. The molecule has 3 N–H and O–H groups in total. The van der Waals surface area contributed by atoms with Crippen molar-refractivity contribution in [1.82, 2.24) is 4.98 Å². The SMILES string of the molecule is CCOc1cc(-c2cnc(NC(=O)C3CCOCC3)s2)ccc1C(N)=O. The first-order chi connectivity index (χ1) is 12.6. The highest BCUT2D eigenvalue weighted by Crippen LogP contribution is 2.33. The van der Waals surface area contributed by atoms with Crippen molar-refractivity contribution >= 4 is 28.3 Å². The molecule has 0 saturated carbocycles. The van der Waals surface area contributed by atoms with E-state index in [1.807, 2.05) is 6.92 Å². The van der Waals surface area contributed by atoms with Gasteiger partial charge in [-0.1, -0.05) is 17.4 Å². The van der Waals surface area contributed by atoms with Gasteiger partial charge in [-0.15, -0.1) is 0 Å². The predicted molar refractivity (Wildman–Crippen MR) is 99.4 cm³/mol. The van der Waals surface area contributed by atoms with Gasteiger partial charge in [0.05, 0.1) is 17.0 Å². The van der Waals surface area contributed by atoms with Crippen LogP contribution in [-0.2, 0) is 9.53 Å². The fourth-order valence-electron chi connectivity index (χ4n) is 2.79. The smallest absolute Gasteiger partial charge is 0.252 e.